The van der Waals surface area contributed by atoms with Gasteiger partial charge in [-0.1, -0.05) is 26.0 Å². The van der Waals surface area contributed by atoms with Crippen LogP contribution in [0.3, 0.4) is 0 Å². The highest BCUT2D eigenvalue weighted by atomic mass is 32.2. The number of amides is 1. The first kappa shape index (κ1) is 31.2. The van der Waals surface area contributed by atoms with E-state index in [9.17, 15) is 13.2 Å². The highest BCUT2D eigenvalue weighted by Gasteiger charge is 2.28. The number of fused-ring (bicyclic) bond motifs is 1. The molecule has 4 aromatic rings. The van der Waals surface area contributed by atoms with Crippen LogP contribution < -0.4 is 15.4 Å². The molecule has 0 aliphatic carbocycles. The second kappa shape index (κ2) is 12.8. The normalized spacial score (nSPS) is 15.0. The molecule has 0 spiro atoms. The summed E-state index contributed by atoms with van der Waals surface area (Å²) in [4.78, 5) is 24.2. The highest BCUT2D eigenvalue weighted by Crippen LogP contribution is 2.38. The van der Waals surface area contributed by atoms with Crippen LogP contribution in [0.2, 0.25) is 0 Å². The Hall–Kier alpha value is -4.19. The van der Waals surface area contributed by atoms with Crippen molar-refractivity contribution in [3.05, 3.63) is 59.8 Å². The van der Waals surface area contributed by atoms with Gasteiger partial charge < -0.3 is 20.3 Å². The molecule has 0 radical (unpaired) electrons. The number of carbonyl (C=O) groups is 1. The van der Waals surface area contributed by atoms with E-state index in [0.29, 0.717) is 40.6 Å². The van der Waals surface area contributed by atoms with Gasteiger partial charge in [-0.2, -0.15) is 19.6 Å². The van der Waals surface area contributed by atoms with Crippen molar-refractivity contribution in [3.63, 3.8) is 0 Å². The maximum Gasteiger partial charge on any atom is 0.233 e. The third kappa shape index (κ3) is 6.21. The lowest BCUT2D eigenvalue weighted by atomic mass is 9.86. The molecule has 0 bridgehead atoms. The van der Waals surface area contributed by atoms with Crippen LogP contribution in [-0.4, -0.2) is 64.3 Å². The quantitative estimate of drug-likeness (QED) is 0.224. The summed E-state index contributed by atoms with van der Waals surface area (Å²) in [6.45, 7) is 11.0. The van der Waals surface area contributed by atoms with Gasteiger partial charge in [-0.15, -0.1) is 0 Å². The SMILES string of the molecule is CC[C@@H](C)C(=O)N1CCC(c2cc(OC)c(Nc3nc(Nc4ccccc4S(=O)(=O)C(C)C)n4nccc4n3)cc2C)CC1. The van der Waals surface area contributed by atoms with E-state index >= 15 is 0 Å². The van der Waals surface area contributed by atoms with Crippen molar-refractivity contribution in [2.24, 2.45) is 5.92 Å². The number of rotatable bonds is 10. The van der Waals surface area contributed by atoms with Gasteiger partial charge in [-0.3, -0.25) is 4.79 Å². The lowest BCUT2D eigenvalue weighted by molar-refractivity contribution is -0.136. The first-order chi connectivity index (χ1) is 21.0. The summed E-state index contributed by atoms with van der Waals surface area (Å²) < 4.78 is 33.4. The second-order valence-corrected chi connectivity index (χ2v) is 14.1. The molecule has 0 unspecified atom stereocenters. The van der Waals surface area contributed by atoms with Crippen LogP contribution in [0.15, 0.2) is 53.6 Å². The van der Waals surface area contributed by atoms with E-state index in [1.807, 2.05) is 17.9 Å². The average Bonchev–Trinajstić information content (AvgIpc) is 3.50. The molecule has 234 valence electrons. The zero-order chi connectivity index (χ0) is 31.6. The Morgan fingerprint density at radius 1 is 1.05 bits per heavy atom. The van der Waals surface area contributed by atoms with Gasteiger partial charge in [0.1, 0.15) is 5.75 Å². The fourth-order valence-electron chi connectivity index (χ4n) is 5.58. The summed E-state index contributed by atoms with van der Waals surface area (Å²) >= 11 is 0. The zero-order valence-corrected chi connectivity index (χ0v) is 27.0. The molecule has 2 aromatic carbocycles. The molecular formula is C32H41N7O4S. The lowest BCUT2D eigenvalue weighted by Crippen LogP contribution is -2.40. The van der Waals surface area contributed by atoms with Crippen LogP contribution in [0.4, 0.5) is 23.3 Å². The number of ether oxygens (including phenoxy) is 1. The number of carbonyl (C=O) groups excluding carboxylic acids is 1. The number of aromatic nitrogens is 4. The predicted molar refractivity (Wildman–Crippen MR) is 172 cm³/mol. The summed E-state index contributed by atoms with van der Waals surface area (Å²) in [5.41, 5.74) is 3.95. The standard InChI is InChI=1S/C32H41N7O4S/c1-7-21(4)30(40)38-16-13-23(14-17-38)24-19-27(43-6)26(18-22(24)5)34-31-36-29-12-15-33-39(29)32(37-31)35-25-10-8-9-11-28(25)44(41,42)20(2)3/h8-12,15,18-21,23H,7,13-14,16-17H2,1-6H3,(H2,34,35,36,37)/t21-/m1/s1. The van der Waals surface area contributed by atoms with E-state index in [0.717, 1.165) is 37.9 Å². The Bertz CT molecular complexity index is 1760. The number of aryl methyl sites for hydroxylation is 1. The minimum absolute atomic E-state index is 0.0567. The van der Waals surface area contributed by atoms with Gasteiger partial charge in [0.25, 0.3) is 0 Å². The molecule has 2 N–H and O–H groups in total. The van der Waals surface area contributed by atoms with Crippen LogP contribution in [0.1, 0.15) is 64.0 Å². The van der Waals surface area contributed by atoms with Crippen molar-refractivity contribution < 1.29 is 17.9 Å². The molecule has 44 heavy (non-hydrogen) atoms. The second-order valence-electron chi connectivity index (χ2n) is 11.6. The van der Waals surface area contributed by atoms with Gasteiger partial charge in [0.2, 0.25) is 17.8 Å². The predicted octanol–water partition coefficient (Wildman–Crippen LogP) is 5.86. The van der Waals surface area contributed by atoms with Gasteiger partial charge in [0, 0.05) is 25.1 Å². The number of likely N-dealkylation sites (tertiary alicyclic amines) is 1. The highest BCUT2D eigenvalue weighted by molar-refractivity contribution is 7.92. The van der Waals surface area contributed by atoms with Crippen LogP contribution in [-0.2, 0) is 14.6 Å². The summed E-state index contributed by atoms with van der Waals surface area (Å²) in [5, 5.41) is 10.2. The van der Waals surface area contributed by atoms with Crippen molar-refractivity contribution in [2.45, 2.75) is 69.9 Å². The van der Waals surface area contributed by atoms with E-state index in [1.54, 1.807) is 57.5 Å². The Morgan fingerprint density at radius 3 is 2.45 bits per heavy atom. The van der Waals surface area contributed by atoms with Gasteiger partial charge in [-0.05, 0) is 81.3 Å². The van der Waals surface area contributed by atoms with Crippen molar-refractivity contribution in [3.8, 4) is 5.75 Å². The van der Waals surface area contributed by atoms with Crippen molar-refractivity contribution in [1.82, 2.24) is 24.5 Å². The molecule has 5 rings (SSSR count). The Morgan fingerprint density at radius 2 is 1.77 bits per heavy atom. The van der Waals surface area contributed by atoms with Crippen molar-refractivity contribution >= 4 is 44.7 Å². The number of hydrogen-bond acceptors (Lipinski definition) is 9. The number of methoxy groups -OCH3 is 1. The molecule has 3 heterocycles. The molecule has 1 saturated heterocycles. The summed E-state index contributed by atoms with van der Waals surface area (Å²) in [6, 6.07) is 12.6. The first-order valence-electron chi connectivity index (χ1n) is 15.1. The third-order valence-electron chi connectivity index (χ3n) is 8.43. The third-order valence-corrected chi connectivity index (χ3v) is 10.6. The zero-order valence-electron chi connectivity index (χ0n) is 26.2. The van der Waals surface area contributed by atoms with Gasteiger partial charge in [0.15, 0.2) is 15.5 Å². The fraction of sp³-hybridized carbons (Fsp3) is 0.438. The van der Waals surface area contributed by atoms with E-state index in [1.165, 1.54) is 10.1 Å². The minimum atomic E-state index is -3.55. The number of sulfone groups is 1. The topological polar surface area (TPSA) is 131 Å². The van der Waals surface area contributed by atoms with Gasteiger partial charge in [-0.25, -0.2) is 8.42 Å². The number of nitrogens with one attached hydrogen (secondary N) is 2. The Labute approximate surface area is 259 Å². The molecule has 12 heteroatoms. The molecule has 0 saturated carbocycles. The number of piperidine rings is 1. The number of hydrogen-bond donors (Lipinski definition) is 2. The average molecular weight is 620 g/mol. The first-order valence-corrected chi connectivity index (χ1v) is 16.6. The molecule has 2 aromatic heterocycles. The van der Waals surface area contributed by atoms with Crippen molar-refractivity contribution in [1.29, 1.82) is 0 Å². The molecule has 1 aliphatic heterocycles. The van der Waals surface area contributed by atoms with E-state index in [4.69, 9.17) is 4.74 Å². The lowest BCUT2D eigenvalue weighted by Gasteiger charge is -2.34. The molecule has 1 fully saturated rings. The Balaban J connectivity index is 1.41. The maximum atomic E-state index is 13.1. The van der Waals surface area contributed by atoms with Crippen LogP contribution in [0.25, 0.3) is 5.65 Å². The minimum Gasteiger partial charge on any atom is -0.495 e. The summed E-state index contributed by atoms with van der Waals surface area (Å²) in [7, 11) is -1.92. The van der Waals surface area contributed by atoms with Crippen LogP contribution in [0, 0.1) is 12.8 Å². The number of benzene rings is 2. The van der Waals surface area contributed by atoms with E-state index in [2.05, 4.69) is 45.6 Å². The molecule has 11 nitrogen and oxygen atoms in total. The maximum absolute atomic E-state index is 13.1. The van der Waals surface area contributed by atoms with Crippen LogP contribution >= 0.6 is 0 Å². The molecule has 1 atom stereocenters. The number of anilines is 4. The summed E-state index contributed by atoms with van der Waals surface area (Å²) in [6.07, 6.45) is 4.27. The number of nitrogens with zero attached hydrogens (tertiary/aromatic N) is 5. The number of para-hydroxylation sites is 1. The fourth-order valence-corrected chi connectivity index (χ4v) is 6.78. The molecule has 1 aliphatic rings. The van der Waals surface area contributed by atoms with Gasteiger partial charge >= 0.3 is 0 Å². The van der Waals surface area contributed by atoms with E-state index < -0.39 is 15.1 Å². The smallest absolute Gasteiger partial charge is 0.233 e. The molecular weight excluding hydrogens is 578 g/mol. The molecule has 1 amide bonds. The van der Waals surface area contributed by atoms with Crippen molar-refractivity contribution in [2.75, 3.05) is 30.8 Å². The Kier molecular flexibility index (Phi) is 9.10. The monoisotopic (exact) mass is 619 g/mol. The largest absolute Gasteiger partial charge is 0.495 e. The van der Waals surface area contributed by atoms with Crippen LogP contribution in [0.5, 0.6) is 5.75 Å². The van der Waals surface area contributed by atoms with E-state index in [-0.39, 0.29) is 16.7 Å². The summed E-state index contributed by atoms with van der Waals surface area (Å²) in [5.74, 6) is 1.89. The van der Waals surface area contributed by atoms with Gasteiger partial charge in [0.05, 0.1) is 34.8 Å².